The van der Waals surface area contributed by atoms with Crippen molar-refractivity contribution in [3.8, 4) is 0 Å². The van der Waals surface area contributed by atoms with Crippen LogP contribution in [0.3, 0.4) is 0 Å². The summed E-state index contributed by atoms with van der Waals surface area (Å²) in [6, 6.07) is 8.12. The van der Waals surface area contributed by atoms with Crippen molar-refractivity contribution in [3.05, 3.63) is 36.7 Å². The van der Waals surface area contributed by atoms with Gasteiger partial charge in [0.25, 0.3) is 0 Å². The molecule has 2 N–H and O–H groups in total. The van der Waals surface area contributed by atoms with Crippen molar-refractivity contribution in [1.29, 1.82) is 0 Å². The molecular weight excluding hydrogens is 162 g/mol. The number of hydrogen-bond acceptors (Lipinski definition) is 1. The van der Waals surface area contributed by atoms with Crippen molar-refractivity contribution in [2.75, 3.05) is 11.4 Å². The van der Waals surface area contributed by atoms with Gasteiger partial charge in [0.15, 0.2) is 0 Å². The summed E-state index contributed by atoms with van der Waals surface area (Å²) < 4.78 is 0. The van der Waals surface area contributed by atoms with Gasteiger partial charge in [0.1, 0.15) is 11.6 Å². The minimum atomic E-state index is 0.945. The van der Waals surface area contributed by atoms with Gasteiger partial charge in [-0.3, -0.25) is 0 Å². The highest BCUT2D eigenvalue weighted by atomic mass is 15.2. The Kier molecular flexibility index (Phi) is 2.08. The molecule has 0 fully saturated rings. The molecule has 0 unspecified atom stereocenters. The third-order valence-electron chi connectivity index (χ3n) is 2.06. The van der Waals surface area contributed by atoms with Crippen molar-refractivity contribution in [3.63, 3.8) is 0 Å². The third kappa shape index (κ3) is 1.45. The van der Waals surface area contributed by atoms with E-state index in [2.05, 4.69) is 33.9 Å². The Balaban J connectivity index is 2.29. The summed E-state index contributed by atoms with van der Waals surface area (Å²) in [7, 11) is 0. The predicted molar refractivity (Wildman–Crippen MR) is 54.3 cm³/mol. The molecule has 2 rings (SSSR count). The van der Waals surface area contributed by atoms with Crippen LogP contribution in [0.15, 0.2) is 36.7 Å². The molecule has 0 atom stereocenters. The summed E-state index contributed by atoms with van der Waals surface area (Å²) >= 11 is 0. The molecule has 0 amide bonds. The second kappa shape index (κ2) is 3.39. The lowest BCUT2D eigenvalue weighted by atomic mass is 10.4. The lowest BCUT2D eigenvalue weighted by Crippen LogP contribution is -2.16. The number of aromatic nitrogens is 2. The van der Waals surface area contributed by atoms with Crippen LogP contribution < -0.4 is 4.90 Å². The van der Waals surface area contributed by atoms with Crippen molar-refractivity contribution in [1.82, 2.24) is 9.97 Å². The molecule has 3 heteroatoms. The van der Waals surface area contributed by atoms with Crippen molar-refractivity contribution < 1.29 is 0 Å². The summed E-state index contributed by atoms with van der Waals surface area (Å²) in [4.78, 5) is 8.55. The van der Waals surface area contributed by atoms with Gasteiger partial charge in [-0.1, -0.05) is 0 Å². The molecule has 2 aromatic rings. The van der Waals surface area contributed by atoms with Crippen LogP contribution >= 0.6 is 0 Å². The summed E-state index contributed by atoms with van der Waals surface area (Å²) in [5, 5.41) is 0. The molecule has 0 saturated heterocycles. The lowest BCUT2D eigenvalue weighted by molar-refractivity contribution is 0.978. The van der Waals surface area contributed by atoms with E-state index in [4.69, 9.17) is 0 Å². The molecule has 0 aromatic carbocycles. The number of H-pyrrole nitrogens is 2. The van der Waals surface area contributed by atoms with Crippen molar-refractivity contribution in [2.45, 2.75) is 6.92 Å². The lowest BCUT2D eigenvalue weighted by Gasteiger charge is -2.19. The van der Waals surface area contributed by atoms with Crippen LogP contribution in [0.4, 0.5) is 11.6 Å². The molecule has 13 heavy (non-hydrogen) atoms. The zero-order valence-electron chi connectivity index (χ0n) is 7.62. The van der Waals surface area contributed by atoms with Crippen molar-refractivity contribution in [2.24, 2.45) is 0 Å². The molecule has 0 aliphatic carbocycles. The number of anilines is 2. The van der Waals surface area contributed by atoms with E-state index in [9.17, 15) is 0 Å². The Morgan fingerprint density at radius 3 is 1.92 bits per heavy atom. The van der Waals surface area contributed by atoms with E-state index in [0.29, 0.717) is 0 Å². The van der Waals surface area contributed by atoms with Crippen LogP contribution in [0.2, 0.25) is 0 Å². The fraction of sp³-hybridized carbons (Fsp3) is 0.200. The van der Waals surface area contributed by atoms with Crippen LogP contribution in [-0.2, 0) is 0 Å². The summed E-state index contributed by atoms with van der Waals surface area (Å²) in [6.45, 7) is 3.07. The fourth-order valence-electron chi connectivity index (χ4n) is 1.45. The topological polar surface area (TPSA) is 34.8 Å². The molecule has 0 aliphatic heterocycles. The zero-order valence-corrected chi connectivity index (χ0v) is 7.62. The maximum atomic E-state index is 3.18. The third-order valence-corrected chi connectivity index (χ3v) is 2.06. The van der Waals surface area contributed by atoms with E-state index < -0.39 is 0 Å². The van der Waals surface area contributed by atoms with E-state index in [1.807, 2.05) is 24.5 Å². The SMILES string of the molecule is CCN(c1ccc[nH]1)c1ccc[nH]1. The van der Waals surface area contributed by atoms with E-state index in [1.165, 1.54) is 0 Å². The van der Waals surface area contributed by atoms with E-state index in [0.717, 1.165) is 18.2 Å². The van der Waals surface area contributed by atoms with Gasteiger partial charge in [-0.25, -0.2) is 0 Å². The Bertz CT molecular complexity index is 300. The molecule has 0 aliphatic rings. The maximum absolute atomic E-state index is 3.18. The molecule has 2 aromatic heterocycles. The average Bonchev–Trinajstić information content (AvgIpc) is 2.76. The molecule has 2 heterocycles. The van der Waals surface area contributed by atoms with Crippen LogP contribution in [0, 0.1) is 0 Å². The van der Waals surface area contributed by atoms with Gasteiger partial charge >= 0.3 is 0 Å². The van der Waals surface area contributed by atoms with Gasteiger partial charge in [-0.2, -0.15) is 0 Å². The summed E-state index contributed by atoms with van der Waals surface area (Å²) in [6.07, 6.45) is 3.86. The van der Waals surface area contributed by atoms with Gasteiger partial charge < -0.3 is 14.9 Å². The number of nitrogens with one attached hydrogen (secondary N) is 2. The van der Waals surface area contributed by atoms with Crippen LogP contribution in [-0.4, -0.2) is 16.5 Å². The first kappa shape index (κ1) is 7.98. The molecule has 68 valence electrons. The molecule has 0 radical (unpaired) electrons. The Hall–Kier alpha value is -1.64. The Morgan fingerprint density at radius 1 is 1.08 bits per heavy atom. The Morgan fingerprint density at radius 2 is 1.62 bits per heavy atom. The highest BCUT2D eigenvalue weighted by molar-refractivity contribution is 5.55. The predicted octanol–water partition coefficient (Wildman–Crippen LogP) is 2.50. The van der Waals surface area contributed by atoms with Gasteiger partial charge in [0.05, 0.1) is 0 Å². The van der Waals surface area contributed by atoms with E-state index in [1.54, 1.807) is 0 Å². The van der Waals surface area contributed by atoms with Crippen molar-refractivity contribution >= 4 is 11.6 Å². The minimum absolute atomic E-state index is 0.945. The van der Waals surface area contributed by atoms with Gasteiger partial charge in [-0.15, -0.1) is 0 Å². The maximum Gasteiger partial charge on any atom is 0.111 e. The van der Waals surface area contributed by atoms with Crippen LogP contribution in [0.5, 0.6) is 0 Å². The summed E-state index contributed by atoms with van der Waals surface area (Å²) in [5.41, 5.74) is 0. The first-order valence-electron chi connectivity index (χ1n) is 4.46. The summed E-state index contributed by atoms with van der Waals surface area (Å²) in [5.74, 6) is 2.23. The highest BCUT2D eigenvalue weighted by Crippen LogP contribution is 2.20. The van der Waals surface area contributed by atoms with E-state index >= 15 is 0 Å². The average molecular weight is 175 g/mol. The number of aromatic amines is 2. The minimum Gasteiger partial charge on any atom is -0.348 e. The van der Waals surface area contributed by atoms with Crippen LogP contribution in [0.1, 0.15) is 6.92 Å². The zero-order chi connectivity index (χ0) is 9.10. The molecule has 0 bridgehead atoms. The van der Waals surface area contributed by atoms with Gasteiger partial charge in [0, 0.05) is 18.9 Å². The first-order chi connectivity index (χ1) is 6.42. The standard InChI is InChI=1S/C10H13N3/c1-2-13(9-5-3-7-11-9)10-6-4-8-12-10/h3-8,11-12H,2H2,1H3. The Labute approximate surface area is 77.4 Å². The van der Waals surface area contributed by atoms with Crippen LogP contribution in [0.25, 0.3) is 0 Å². The first-order valence-corrected chi connectivity index (χ1v) is 4.46. The normalized spacial score (nSPS) is 10.2. The molecular formula is C10H13N3. The smallest absolute Gasteiger partial charge is 0.111 e. The highest BCUT2D eigenvalue weighted by Gasteiger charge is 2.06. The fourth-order valence-corrected chi connectivity index (χ4v) is 1.45. The second-order valence-electron chi connectivity index (χ2n) is 2.85. The molecule has 0 saturated carbocycles. The van der Waals surface area contributed by atoms with Gasteiger partial charge in [-0.05, 0) is 31.2 Å². The van der Waals surface area contributed by atoms with Gasteiger partial charge in [0.2, 0.25) is 0 Å². The largest absolute Gasteiger partial charge is 0.348 e. The monoisotopic (exact) mass is 175 g/mol. The second-order valence-corrected chi connectivity index (χ2v) is 2.85. The number of nitrogens with zero attached hydrogens (tertiary/aromatic N) is 1. The quantitative estimate of drug-likeness (QED) is 0.738. The molecule has 0 spiro atoms. The number of rotatable bonds is 3. The van der Waals surface area contributed by atoms with E-state index in [-0.39, 0.29) is 0 Å². The molecule has 3 nitrogen and oxygen atoms in total. The number of hydrogen-bond donors (Lipinski definition) is 2.